The van der Waals surface area contributed by atoms with E-state index in [1.807, 2.05) is 42.5 Å². The van der Waals surface area contributed by atoms with E-state index in [2.05, 4.69) is 34.5 Å². The number of piperidine rings is 1. The molecule has 1 aliphatic rings. The Morgan fingerprint density at radius 1 is 1.21 bits per heavy atom. The molecule has 0 aliphatic carbocycles. The van der Waals surface area contributed by atoms with Gasteiger partial charge in [-0.05, 0) is 57.6 Å². The van der Waals surface area contributed by atoms with E-state index in [0.29, 0.717) is 23.9 Å². The lowest BCUT2D eigenvalue weighted by Crippen LogP contribution is -2.41. The molecule has 2 aromatic heterocycles. The lowest BCUT2D eigenvalue weighted by molar-refractivity contribution is 0.0661. The first-order valence-corrected chi connectivity index (χ1v) is 10.3. The van der Waals surface area contributed by atoms with Crippen LogP contribution < -0.4 is 0 Å². The van der Waals surface area contributed by atoms with Crippen LogP contribution in [0.4, 0.5) is 0 Å². The maximum absolute atomic E-state index is 13.3. The van der Waals surface area contributed by atoms with Gasteiger partial charge in [0.1, 0.15) is 5.76 Å². The van der Waals surface area contributed by atoms with Gasteiger partial charge in [0.05, 0.1) is 12.2 Å². The highest BCUT2D eigenvalue weighted by molar-refractivity contribution is 5.93. The van der Waals surface area contributed by atoms with Crippen LogP contribution in [0.5, 0.6) is 0 Å². The maximum atomic E-state index is 13.3. The van der Waals surface area contributed by atoms with Crippen molar-refractivity contribution in [1.82, 2.24) is 19.8 Å². The van der Waals surface area contributed by atoms with Gasteiger partial charge in [-0.15, -0.1) is 0 Å². The molecule has 0 spiro atoms. The number of carbonyl (C=O) groups is 1. The predicted octanol–water partition coefficient (Wildman–Crippen LogP) is 3.94. The van der Waals surface area contributed by atoms with E-state index in [4.69, 9.17) is 4.52 Å². The maximum Gasteiger partial charge on any atom is 0.276 e. The molecule has 6 heteroatoms. The summed E-state index contributed by atoms with van der Waals surface area (Å²) in [4.78, 5) is 15.2. The van der Waals surface area contributed by atoms with Gasteiger partial charge < -0.3 is 9.42 Å². The molecule has 1 atom stereocenters. The lowest BCUT2D eigenvalue weighted by atomic mass is 9.91. The van der Waals surface area contributed by atoms with Crippen molar-refractivity contribution in [1.29, 1.82) is 0 Å². The Morgan fingerprint density at radius 2 is 2.00 bits per heavy atom. The fraction of sp³-hybridized carbons (Fsp3) is 0.435. The standard InChI is InChI=1S/C23H28N4O2/c1-16-12-17(2)27(24-16)15-21-18(3)29-25-22(21)23(28)26-11-7-10-20(14-26)13-19-8-5-4-6-9-19/h4-6,8-9,12,20H,7,10-11,13-15H2,1-3H3/t20-/m1/s1. The normalized spacial score (nSPS) is 16.9. The molecule has 0 bridgehead atoms. The van der Waals surface area contributed by atoms with Gasteiger partial charge in [-0.2, -0.15) is 5.10 Å². The van der Waals surface area contributed by atoms with Gasteiger partial charge >= 0.3 is 0 Å². The third-order valence-corrected chi connectivity index (χ3v) is 5.77. The van der Waals surface area contributed by atoms with Crippen LogP contribution >= 0.6 is 0 Å². The smallest absolute Gasteiger partial charge is 0.276 e. The molecule has 1 aromatic carbocycles. The molecule has 1 fully saturated rings. The van der Waals surface area contributed by atoms with Crippen LogP contribution in [0, 0.1) is 26.7 Å². The van der Waals surface area contributed by atoms with E-state index in [-0.39, 0.29) is 5.91 Å². The number of likely N-dealkylation sites (tertiary alicyclic amines) is 1. The van der Waals surface area contributed by atoms with E-state index in [1.165, 1.54) is 5.56 Å². The molecule has 0 saturated carbocycles. The number of carbonyl (C=O) groups excluding carboxylic acids is 1. The first kappa shape index (κ1) is 19.4. The highest BCUT2D eigenvalue weighted by Crippen LogP contribution is 2.24. The van der Waals surface area contributed by atoms with Gasteiger partial charge in [-0.1, -0.05) is 35.5 Å². The Labute approximate surface area is 171 Å². The fourth-order valence-electron chi connectivity index (χ4n) is 4.24. The molecule has 3 aromatic rings. The van der Waals surface area contributed by atoms with Gasteiger partial charge in [0.15, 0.2) is 5.69 Å². The molecule has 0 radical (unpaired) electrons. The highest BCUT2D eigenvalue weighted by atomic mass is 16.5. The second kappa shape index (κ2) is 8.23. The van der Waals surface area contributed by atoms with Crippen molar-refractivity contribution in [2.24, 2.45) is 5.92 Å². The predicted molar refractivity (Wildman–Crippen MR) is 111 cm³/mol. The Bertz CT molecular complexity index is 990. The third kappa shape index (κ3) is 4.26. The molecule has 152 valence electrons. The summed E-state index contributed by atoms with van der Waals surface area (Å²) in [7, 11) is 0. The third-order valence-electron chi connectivity index (χ3n) is 5.77. The molecular formula is C23H28N4O2. The van der Waals surface area contributed by atoms with E-state index in [9.17, 15) is 4.79 Å². The summed E-state index contributed by atoms with van der Waals surface area (Å²) in [6.45, 7) is 7.88. The van der Waals surface area contributed by atoms with Crippen molar-refractivity contribution in [3.8, 4) is 0 Å². The molecule has 0 unspecified atom stereocenters. The zero-order valence-electron chi connectivity index (χ0n) is 17.4. The largest absolute Gasteiger partial charge is 0.361 e. The molecule has 1 amide bonds. The average molecular weight is 393 g/mol. The minimum atomic E-state index is -0.0313. The van der Waals surface area contributed by atoms with Crippen molar-refractivity contribution >= 4 is 5.91 Å². The Morgan fingerprint density at radius 3 is 2.72 bits per heavy atom. The molecule has 4 rings (SSSR count). The SMILES string of the molecule is Cc1cc(C)n(Cc2c(C(=O)N3CCC[C@H](Cc4ccccc4)C3)noc2C)n1. The Balaban J connectivity index is 1.50. The van der Waals surface area contributed by atoms with Crippen LogP contribution in [0.15, 0.2) is 40.9 Å². The number of rotatable bonds is 5. The quantitative estimate of drug-likeness (QED) is 0.660. The van der Waals surface area contributed by atoms with Crippen LogP contribution in [-0.2, 0) is 13.0 Å². The molecular weight excluding hydrogens is 364 g/mol. The number of nitrogens with zero attached hydrogens (tertiary/aromatic N) is 4. The number of hydrogen-bond acceptors (Lipinski definition) is 4. The lowest BCUT2D eigenvalue weighted by Gasteiger charge is -2.32. The number of hydrogen-bond donors (Lipinski definition) is 0. The summed E-state index contributed by atoms with van der Waals surface area (Å²) in [6.07, 6.45) is 3.17. The first-order valence-electron chi connectivity index (χ1n) is 10.3. The average Bonchev–Trinajstić information content (AvgIpc) is 3.24. The van der Waals surface area contributed by atoms with Crippen molar-refractivity contribution in [2.45, 2.75) is 46.6 Å². The van der Waals surface area contributed by atoms with Crippen LogP contribution in [0.25, 0.3) is 0 Å². The van der Waals surface area contributed by atoms with E-state index in [1.54, 1.807) is 0 Å². The Kier molecular flexibility index (Phi) is 5.51. The molecule has 6 nitrogen and oxygen atoms in total. The van der Waals surface area contributed by atoms with Crippen LogP contribution in [0.3, 0.4) is 0 Å². The monoisotopic (exact) mass is 392 g/mol. The van der Waals surface area contributed by atoms with Crippen molar-refractivity contribution < 1.29 is 9.32 Å². The minimum Gasteiger partial charge on any atom is -0.361 e. The Hall–Kier alpha value is -2.89. The summed E-state index contributed by atoms with van der Waals surface area (Å²) in [6, 6.07) is 12.5. The summed E-state index contributed by atoms with van der Waals surface area (Å²) < 4.78 is 7.31. The fourth-order valence-corrected chi connectivity index (χ4v) is 4.24. The van der Waals surface area contributed by atoms with Crippen molar-refractivity contribution in [3.05, 3.63) is 70.4 Å². The van der Waals surface area contributed by atoms with Crippen LogP contribution in [-0.4, -0.2) is 38.8 Å². The van der Waals surface area contributed by atoms with E-state index in [0.717, 1.165) is 49.3 Å². The van der Waals surface area contributed by atoms with E-state index < -0.39 is 0 Å². The van der Waals surface area contributed by atoms with Gasteiger partial charge in [-0.3, -0.25) is 9.48 Å². The zero-order chi connectivity index (χ0) is 20.4. The number of aromatic nitrogens is 3. The first-order chi connectivity index (χ1) is 14.0. The second-order valence-electron chi connectivity index (χ2n) is 8.10. The topological polar surface area (TPSA) is 64.2 Å². The second-order valence-corrected chi connectivity index (χ2v) is 8.10. The molecule has 1 saturated heterocycles. The summed E-state index contributed by atoms with van der Waals surface area (Å²) in [5, 5.41) is 8.65. The van der Waals surface area contributed by atoms with Crippen LogP contribution in [0.2, 0.25) is 0 Å². The molecule has 29 heavy (non-hydrogen) atoms. The highest BCUT2D eigenvalue weighted by Gasteiger charge is 2.29. The van der Waals surface area contributed by atoms with Gasteiger partial charge in [0.25, 0.3) is 5.91 Å². The van der Waals surface area contributed by atoms with Gasteiger partial charge in [0, 0.05) is 24.3 Å². The molecule has 3 heterocycles. The van der Waals surface area contributed by atoms with Crippen LogP contribution in [0.1, 0.15) is 51.6 Å². The summed E-state index contributed by atoms with van der Waals surface area (Å²) >= 11 is 0. The number of benzene rings is 1. The number of aryl methyl sites for hydroxylation is 3. The summed E-state index contributed by atoms with van der Waals surface area (Å²) in [5.41, 5.74) is 4.60. The van der Waals surface area contributed by atoms with Crippen molar-refractivity contribution in [3.63, 3.8) is 0 Å². The summed E-state index contributed by atoms with van der Waals surface area (Å²) in [5.74, 6) is 1.12. The van der Waals surface area contributed by atoms with Gasteiger partial charge in [-0.25, -0.2) is 0 Å². The minimum absolute atomic E-state index is 0.0313. The van der Waals surface area contributed by atoms with Crippen molar-refractivity contribution in [2.75, 3.05) is 13.1 Å². The number of amides is 1. The van der Waals surface area contributed by atoms with E-state index >= 15 is 0 Å². The zero-order valence-corrected chi connectivity index (χ0v) is 17.4. The van der Waals surface area contributed by atoms with Gasteiger partial charge in [0.2, 0.25) is 0 Å². The molecule has 1 aliphatic heterocycles. The molecule has 0 N–H and O–H groups in total.